The Morgan fingerprint density at radius 2 is 1.58 bits per heavy atom. The van der Waals surface area contributed by atoms with Gasteiger partial charge < -0.3 is 10.6 Å². The fraction of sp³-hybridized carbons (Fsp3) is 0.304. The molecule has 3 amide bonds. The van der Waals surface area contributed by atoms with Crippen molar-refractivity contribution in [2.45, 2.75) is 44.3 Å². The van der Waals surface area contributed by atoms with Crippen molar-refractivity contribution in [2.75, 3.05) is 5.32 Å². The summed E-state index contributed by atoms with van der Waals surface area (Å²) in [6.45, 7) is 0. The third-order valence-electron chi connectivity index (χ3n) is 5.20. The van der Waals surface area contributed by atoms with Crippen LogP contribution in [0.2, 0.25) is 0 Å². The molecule has 0 heterocycles. The van der Waals surface area contributed by atoms with Crippen LogP contribution in [0.15, 0.2) is 53.6 Å². The van der Waals surface area contributed by atoms with Crippen LogP contribution >= 0.6 is 0 Å². The van der Waals surface area contributed by atoms with Gasteiger partial charge in [0.25, 0.3) is 5.91 Å². The highest BCUT2D eigenvalue weighted by molar-refractivity contribution is 6.40. The van der Waals surface area contributed by atoms with E-state index >= 15 is 0 Å². The zero-order chi connectivity index (χ0) is 23.8. The number of hydrazone groups is 1. The summed E-state index contributed by atoms with van der Waals surface area (Å²) >= 11 is 0. The summed E-state index contributed by atoms with van der Waals surface area (Å²) in [4.78, 5) is 36.9. The molecule has 2 aromatic carbocycles. The van der Waals surface area contributed by atoms with E-state index in [4.69, 9.17) is 0 Å². The summed E-state index contributed by atoms with van der Waals surface area (Å²) in [5.41, 5.74) is 1.04. The van der Waals surface area contributed by atoms with Crippen LogP contribution in [-0.4, -0.2) is 30.0 Å². The number of hydrogen-bond acceptors (Lipinski definition) is 4. The Labute approximate surface area is 188 Å². The Bertz CT molecular complexity index is 1050. The normalized spacial score (nSPS) is 14.6. The summed E-state index contributed by atoms with van der Waals surface area (Å²) in [5, 5.41) is 8.74. The molecule has 0 saturated heterocycles. The van der Waals surface area contributed by atoms with Gasteiger partial charge in [0, 0.05) is 11.6 Å². The lowest BCUT2D eigenvalue weighted by molar-refractivity contribution is -0.137. The Kier molecular flexibility index (Phi) is 7.81. The summed E-state index contributed by atoms with van der Waals surface area (Å²) in [5.74, 6) is -2.67. The van der Waals surface area contributed by atoms with Crippen molar-refractivity contribution in [3.8, 4) is 0 Å². The van der Waals surface area contributed by atoms with Gasteiger partial charge in [-0.25, -0.2) is 5.43 Å². The quantitative estimate of drug-likeness (QED) is 0.359. The number of hydrogen-bond donors (Lipinski definition) is 3. The molecule has 0 spiro atoms. The van der Waals surface area contributed by atoms with Crippen LogP contribution in [0.1, 0.15) is 53.6 Å². The maximum absolute atomic E-state index is 13.0. The van der Waals surface area contributed by atoms with Gasteiger partial charge in [-0.2, -0.15) is 18.3 Å². The first kappa shape index (κ1) is 24.0. The Hall–Kier alpha value is -3.69. The number of rotatable bonds is 5. The van der Waals surface area contributed by atoms with E-state index in [1.54, 1.807) is 12.1 Å². The second kappa shape index (κ2) is 10.8. The monoisotopic (exact) mass is 460 g/mol. The molecule has 0 aliphatic heterocycles. The van der Waals surface area contributed by atoms with E-state index < -0.39 is 23.6 Å². The van der Waals surface area contributed by atoms with Crippen molar-refractivity contribution < 1.29 is 27.6 Å². The number of para-hydroxylation sites is 1. The largest absolute Gasteiger partial charge is 0.417 e. The molecule has 3 N–H and O–H groups in total. The third-order valence-corrected chi connectivity index (χ3v) is 5.20. The van der Waals surface area contributed by atoms with Crippen molar-refractivity contribution >= 4 is 29.6 Å². The third kappa shape index (κ3) is 6.64. The van der Waals surface area contributed by atoms with Crippen LogP contribution in [-0.2, 0) is 15.8 Å². The van der Waals surface area contributed by atoms with E-state index in [2.05, 4.69) is 15.7 Å². The Morgan fingerprint density at radius 1 is 0.909 bits per heavy atom. The number of alkyl halides is 3. The first-order chi connectivity index (χ1) is 15.8. The highest BCUT2D eigenvalue weighted by atomic mass is 19.4. The molecule has 0 radical (unpaired) electrons. The number of nitrogens with one attached hydrogen (secondary N) is 3. The first-order valence-electron chi connectivity index (χ1n) is 10.5. The van der Waals surface area contributed by atoms with Crippen molar-refractivity contribution in [1.82, 2.24) is 10.7 Å². The van der Waals surface area contributed by atoms with E-state index in [9.17, 15) is 27.6 Å². The van der Waals surface area contributed by atoms with Gasteiger partial charge in [0.15, 0.2) is 0 Å². The number of benzene rings is 2. The smallest absolute Gasteiger partial charge is 0.349 e. The van der Waals surface area contributed by atoms with Gasteiger partial charge in [0.05, 0.1) is 23.0 Å². The minimum Gasteiger partial charge on any atom is -0.349 e. The summed E-state index contributed by atoms with van der Waals surface area (Å²) in [6, 6.07) is 11.0. The van der Waals surface area contributed by atoms with Gasteiger partial charge >= 0.3 is 18.0 Å². The van der Waals surface area contributed by atoms with Crippen molar-refractivity contribution in [1.29, 1.82) is 0 Å². The number of carbonyl (C=O) groups excluding carboxylic acids is 3. The molecule has 33 heavy (non-hydrogen) atoms. The number of amides is 3. The second-order valence-corrected chi connectivity index (χ2v) is 7.59. The topological polar surface area (TPSA) is 99.7 Å². The molecule has 2 aromatic rings. The van der Waals surface area contributed by atoms with Gasteiger partial charge in [0.2, 0.25) is 0 Å². The average Bonchev–Trinajstić information content (AvgIpc) is 2.79. The van der Waals surface area contributed by atoms with Crippen molar-refractivity contribution in [2.24, 2.45) is 5.10 Å². The highest BCUT2D eigenvalue weighted by Crippen LogP contribution is 2.31. The van der Waals surface area contributed by atoms with Crippen LogP contribution < -0.4 is 16.1 Å². The predicted octanol–water partition coefficient (Wildman–Crippen LogP) is 3.86. The van der Waals surface area contributed by atoms with Crippen LogP contribution in [0, 0.1) is 0 Å². The Morgan fingerprint density at radius 3 is 2.30 bits per heavy atom. The summed E-state index contributed by atoms with van der Waals surface area (Å²) in [6.07, 6.45) is 1.20. The van der Waals surface area contributed by atoms with Crippen LogP contribution in [0.3, 0.4) is 0 Å². The molecule has 7 nitrogen and oxygen atoms in total. The predicted molar refractivity (Wildman–Crippen MR) is 117 cm³/mol. The number of carbonyl (C=O) groups is 3. The van der Waals surface area contributed by atoms with Crippen LogP contribution in [0.5, 0.6) is 0 Å². The van der Waals surface area contributed by atoms with E-state index in [1.165, 1.54) is 30.3 Å². The number of nitrogens with zero attached hydrogens (tertiary/aromatic N) is 1. The summed E-state index contributed by atoms with van der Waals surface area (Å²) < 4.78 is 39.0. The molecule has 1 saturated carbocycles. The van der Waals surface area contributed by atoms with Crippen molar-refractivity contribution in [3.05, 3.63) is 65.2 Å². The van der Waals surface area contributed by atoms with Gasteiger partial charge in [-0.3, -0.25) is 14.4 Å². The molecular formula is C23H23F3N4O3. The Balaban J connectivity index is 1.62. The molecule has 10 heteroatoms. The molecule has 0 bridgehead atoms. The second-order valence-electron chi connectivity index (χ2n) is 7.59. The SMILES string of the molecule is O=C(N/N=C/c1ccccc1C(F)(F)F)C(=O)Nc1ccccc1C(=O)NC1CCCCC1. The lowest BCUT2D eigenvalue weighted by Gasteiger charge is -2.23. The molecule has 1 aliphatic rings. The average molecular weight is 460 g/mol. The van der Waals surface area contributed by atoms with Gasteiger partial charge in [-0.15, -0.1) is 0 Å². The number of anilines is 1. The fourth-order valence-electron chi connectivity index (χ4n) is 3.56. The molecule has 0 aromatic heterocycles. The summed E-state index contributed by atoms with van der Waals surface area (Å²) in [7, 11) is 0. The van der Waals surface area contributed by atoms with E-state index in [-0.39, 0.29) is 28.8 Å². The van der Waals surface area contributed by atoms with Gasteiger partial charge in [-0.05, 0) is 31.0 Å². The molecule has 1 fully saturated rings. The standard InChI is InChI=1S/C23H23F3N4O3/c24-23(25,26)18-12-6-4-8-15(18)14-27-30-22(33)21(32)29-19-13-7-5-11-17(19)20(31)28-16-9-2-1-3-10-16/h4-8,11-14,16H,1-3,9-10H2,(H,28,31)(H,29,32)(H,30,33)/b27-14+. The number of halogens is 3. The van der Waals surface area contributed by atoms with E-state index in [1.807, 2.05) is 5.43 Å². The first-order valence-corrected chi connectivity index (χ1v) is 10.5. The van der Waals surface area contributed by atoms with Crippen molar-refractivity contribution in [3.63, 3.8) is 0 Å². The molecular weight excluding hydrogens is 437 g/mol. The van der Waals surface area contributed by atoms with Gasteiger partial charge in [0.1, 0.15) is 0 Å². The molecule has 3 rings (SSSR count). The molecule has 0 unspecified atom stereocenters. The zero-order valence-electron chi connectivity index (χ0n) is 17.6. The highest BCUT2D eigenvalue weighted by Gasteiger charge is 2.32. The zero-order valence-corrected chi connectivity index (χ0v) is 17.6. The maximum Gasteiger partial charge on any atom is 0.417 e. The lowest BCUT2D eigenvalue weighted by atomic mass is 9.95. The fourth-order valence-corrected chi connectivity index (χ4v) is 3.56. The van der Waals surface area contributed by atoms with E-state index in [0.29, 0.717) is 0 Å². The van der Waals surface area contributed by atoms with Gasteiger partial charge in [-0.1, -0.05) is 49.6 Å². The molecule has 0 atom stereocenters. The maximum atomic E-state index is 13.0. The van der Waals surface area contributed by atoms with E-state index in [0.717, 1.165) is 44.4 Å². The van der Waals surface area contributed by atoms with Crippen LogP contribution in [0.25, 0.3) is 0 Å². The molecule has 1 aliphatic carbocycles. The minimum atomic E-state index is -4.59. The van der Waals surface area contributed by atoms with Crippen LogP contribution in [0.4, 0.5) is 18.9 Å². The minimum absolute atomic E-state index is 0.0622. The lowest BCUT2D eigenvalue weighted by Crippen LogP contribution is -2.37. The molecule has 174 valence electrons.